The molecule has 10 nitrogen and oxygen atoms in total. The van der Waals surface area contributed by atoms with Crippen LogP contribution in [-0.4, -0.2) is 122 Å². The summed E-state index contributed by atoms with van der Waals surface area (Å²) >= 11 is 0. The zero-order valence-electron chi connectivity index (χ0n) is 18.3. The zero-order valence-corrected chi connectivity index (χ0v) is 18.3. The van der Waals surface area contributed by atoms with Crippen molar-refractivity contribution in [1.82, 2.24) is 19.6 Å². The molecule has 1 atom stereocenters. The first kappa shape index (κ1) is 24.1. The highest BCUT2D eigenvalue weighted by molar-refractivity contribution is 5.80. The molecule has 0 saturated carbocycles. The Morgan fingerprint density at radius 2 is 1.17 bits per heavy atom. The maximum absolute atomic E-state index is 12.8. The van der Waals surface area contributed by atoms with Gasteiger partial charge in [0.15, 0.2) is 5.78 Å². The minimum atomic E-state index is -0.171. The van der Waals surface area contributed by atoms with E-state index in [2.05, 4.69) is 0 Å². The molecule has 0 aromatic heterocycles. The Morgan fingerprint density at radius 3 is 1.60 bits per heavy atom. The van der Waals surface area contributed by atoms with Gasteiger partial charge in [-0.3, -0.25) is 14.4 Å². The van der Waals surface area contributed by atoms with Gasteiger partial charge in [0.1, 0.15) is 19.8 Å². The zero-order chi connectivity index (χ0) is 22.1. The third-order valence-electron chi connectivity index (χ3n) is 5.40. The molecule has 2 fully saturated rings. The van der Waals surface area contributed by atoms with Crippen LogP contribution in [0.2, 0.25) is 0 Å². The van der Waals surface area contributed by atoms with Crippen LogP contribution in [0.15, 0.2) is 0 Å². The minimum Gasteiger partial charge on any atom is -0.369 e. The number of Topliss-reactive ketones (excluding diaryl/α,β-unsaturated/α-hetero) is 1. The van der Waals surface area contributed by atoms with E-state index in [0.29, 0.717) is 52.4 Å². The van der Waals surface area contributed by atoms with Crippen LogP contribution in [0, 0.1) is 0 Å². The normalized spacial score (nSPS) is 18.4. The van der Waals surface area contributed by atoms with Gasteiger partial charge in [-0.15, -0.1) is 0 Å². The lowest BCUT2D eigenvalue weighted by Crippen LogP contribution is -2.58. The molecule has 2 aliphatic heterocycles. The summed E-state index contributed by atoms with van der Waals surface area (Å²) in [7, 11) is 0. The predicted molar refractivity (Wildman–Crippen MR) is 109 cm³/mol. The summed E-state index contributed by atoms with van der Waals surface area (Å²) in [6.07, 6.45) is 0.919. The van der Waals surface area contributed by atoms with E-state index in [0.717, 1.165) is 6.42 Å². The van der Waals surface area contributed by atoms with Gasteiger partial charge in [0.05, 0.1) is 6.10 Å². The summed E-state index contributed by atoms with van der Waals surface area (Å²) in [6.45, 7) is 9.04. The van der Waals surface area contributed by atoms with E-state index in [1.54, 1.807) is 19.6 Å². The number of rotatable bonds is 8. The second-order valence-corrected chi connectivity index (χ2v) is 7.74. The summed E-state index contributed by atoms with van der Waals surface area (Å²) in [6, 6.07) is -0.0575. The maximum atomic E-state index is 12.8. The molecular formula is C20H34N4O6. The van der Waals surface area contributed by atoms with Crippen LogP contribution in [0.4, 0.5) is 4.79 Å². The van der Waals surface area contributed by atoms with Crippen LogP contribution in [0.1, 0.15) is 27.2 Å². The fourth-order valence-electron chi connectivity index (χ4n) is 3.29. The third-order valence-corrected chi connectivity index (χ3v) is 5.40. The van der Waals surface area contributed by atoms with Crippen LogP contribution in [0.5, 0.6) is 0 Å². The summed E-state index contributed by atoms with van der Waals surface area (Å²) in [5.41, 5.74) is 0. The number of nitrogens with zero attached hydrogens (tertiary/aromatic N) is 4. The number of carbonyl (C=O) groups excluding carboxylic acids is 4. The van der Waals surface area contributed by atoms with Gasteiger partial charge in [0.2, 0.25) is 11.8 Å². The second kappa shape index (κ2) is 11.8. The Morgan fingerprint density at radius 1 is 0.733 bits per heavy atom. The number of hydrogen-bond acceptors (Lipinski definition) is 6. The van der Waals surface area contributed by atoms with Gasteiger partial charge in [-0.05, 0) is 20.3 Å². The minimum absolute atomic E-state index is 0.0403. The SMILES string of the molecule is CCC(C)OCC(=O)N1CCN(C(=O)N2CCN(C(=O)COCC(C)=O)CC2)CC1. The number of urea groups is 1. The molecule has 0 aromatic carbocycles. The molecule has 1 unspecified atom stereocenters. The van der Waals surface area contributed by atoms with Gasteiger partial charge >= 0.3 is 6.03 Å². The van der Waals surface area contributed by atoms with Gasteiger partial charge in [0.25, 0.3) is 0 Å². The standard InChI is InChI=1S/C20H34N4O6/c1-4-17(3)30-15-19(27)22-7-11-24(12-8-22)20(28)23-9-5-21(6-10-23)18(26)14-29-13-16(2)25/h17H,4-15H2,1-3H3. The first-order valence-electron chi connectivity index (χ1n) is 10.6. The van der Waals surface area contributed by atoms with Gasteiger partial charge in [-0.2, -0.15) is 0 Å². The lowest BCUT2D eigenvalue weighted by Gasteiger charge is -2.40. The van der Waals surface area contributed by atoms with Crippen molar-refractivity contribution in [3.8, 4) is 0 Å². The van der Waals surface area contributed by atoms with Crippen LogP contribution >= 0.6 is 0 Å². The molecule has 4 amide bonds. The Bertz CT molecular complexity index is 612. The molecule has 2 aliphatic rings. The van der Waals surface area contributed by atoms with E-state index in [4.69, 9.17) is 9.47 Å². The molecule has 0 radical (unpaired) electrons. The number of amides is 4. The molecule has 2 heterocycles. The molecule has 0 bridgehead atoms. The number of hydrogen-bond donors (Lipinski definition) is 0. The fraction of sp³-hybridized carbons (Fsp3) is 0.800. The number of ether oxygens (including phenoxy) is 2. The second-order valence-electron chi connectivity index (χ2n) is 7.74. The topological polar surface area (TPSA) is 99.7 Å². The smallest absolute Gasteiger partial charge is 0.320 e. The fourth-order valence-corrected chi connectivity index (χ4v) is 3.29. The Kier molecular flexibility index (Phi) is 9.51. The molecule has 10 heteroatoms. The predicted octanol–water partition coefficient (Wildman–Crippen LogP) is -0.184. The molecule has 0 N–H and O–H groups in total. The first-order valence-corrected chi connectivity index (χ1v) is 10.6. The molecule has 0 aliphatic carbocycles. The Hall–Kier alpha value is -2.20. The van der Waals surface area contributed by atoms with Gasteiger partial charge in [0, 0.05) is 52.4 Å². The van der Waals surface area contributed by atoms with Crippen LogP contribution < -0.4 is 0 Å². The highest BCUT2D eigenvalue weighted by Crippen LogP contribution is 2.10. The summed E-state index contributed by atoms with van der Waals surface area (Å²) in [5, 5.41) is 0. The maximum Gasteiger partial charge on any atom is 0.320 e. The highest BCUT2D eigenvalue weighted by atomic mass is 16.5. The summed E-state index contributed by atoms with van der Waals surface area (Å²) in [5.74, 6) is -0.334. The van der Waals surface area contributed by atoms with Crippen molar-refractivity contribution in [1.29, 1.82) is 0 Å². The molecule has 2 rings (SSSR count). The van der Waals surface area contributed by atoms with E-state index in [1.165, 1.54) is 6.92 Å². The van der Waals surface area contributed by atoms with E-state index >= 15 is 0 Å². The van der Waals surface area contributed by atoms with Gasteiger partial charge in [-0.1, -0.05) is 6.92 Å². The van der Waals surface area contributed by atoms with Gasteiger partial charge in [-0.25, -0.2) is 4.79 Å². The third kappa shape index (κ3) is 7.24. The van der Waals surface area contributed by atoms with Crippen LogP contribution in [0.3, 0.4) is 0 Å². The van der Waals surface area contributed by atoms with E-state index in [-0.39, 0.29) is 49.6 Å². The molecule has 30 heavy (non-hydrogen) atoms. The molecular weight excluding hydrogens is 392 g/mol. The van der Waals surface area contributed by atoms with E-state index < -0.39 is 0 Å². The molecule has 2 saturated heterocycles. The molecule has 170 valence electrons. The highest BCUT2D eigenvalue weighted by Gasteiger charge is 2.30. The van der Waals surface area contributed by atoms with Crippen molar-refractivity contribution in [2.45, 2.75) is 33.3 Å². The summed E-state index contributed by atoms with van der Waals surface area (Å²) < 4.78 is 10.6. The molecule has 0 spiro atoms. The monoisotopic (exact) mass is 426 g/mol. The molecule has 0 aromatic rings. The Labute approximate surface area is 178 Å². The first-order chi connectivity index (χ1) is 14.3. The van der Waals surface area contributed by atoms with Crippen molar-refractivity contribution < 1.29 is 28.7 Å². The van der Waals surface area contributed by atoms with E-state index in [1.807, 2.05) is 13.8 Å². The lowest BCUT2D eigenvalue weighted by atomic mass is 10.3. The van der Waals surface area contributed by atoms with Crippen molar-refractivity contribution in [2.75, 3.05) is 72.2 Å². The largest absolute Gasteiger partial charge is 0.369 e. The van der Waals surface area contributed by atoms with Crippen molar-refractivity contribution in [3.63, 3.8) is 0 Å². The van der Waals surface area contributed by atoms with E-state index in [9.17, 15) is 19.2 Å². The van der Waals surface area contributed by atoms with Crippen LogP contribution in [0.25, 0.3) is 0 Å². The quantitative estimate of drug-likeness (QED) is 0.534. The van der Waals surface area contributed by atoms with Crippen molar-refractivity contribution in [3.05, 3.63) is 0 Å². The average molecular weight is 427 g/mol. The number of piperazine rings is 2. The Balaban J connectivity index is 1.69. The number of carbonyl (C=O) groups is 4. The number of ketones is 1. The summed E-state index contributed by atoms with van der Waals surface area (Å²) in [4.78, 5) is 54.9. The van der Waals surface area contributed by atoms with Crippen LogP contribution in [-0.2, 0) is 23.9 Å². The van der Waals surface area contributed by atoms with Gasteiger partial charge < -0.3 is 29.1 Å². The lowest BCUT2D eigenvalue weighted by molar-refractivity contribution is -0.139. The van der Waals surface area contributed by atoms with Crippen molar-refractivity contribution in [2.24, 2.45) is 0 Å². The average Bonchev–Trinajstić information content (AvgIpc) is 2.76. The van der Waals surface area contributed by atoms with Crippen molar-refractivity contribution >= 4 is 23.6 Å².